The minimum atomic E-state index is 0. The van der Waals surface area contributed by atoms with Gasteiger partial charge in [0.25, 0.3) is 0 Å². The fourth-order valence-corrected chi connectivity index (χ4v) is 7.10. The standard InChI is InChI=1S/C6H14N.C3H7S.2C2H5O.Sn/c1-3-4-5-6(2)7;1-3-4-2;2*1-2-3;/h6H,1,3-5,7H2,2H3;2-3H2,1H3;2*2H2,1H3;/q;;2*-1;+2. The molecule has 0 rings (SSSR count). The van der Waals surface area contributed by atoms with E-state index in [0.29, 0.717) is 6.04 Å². The maximum Gasteiger partial charge on any atom is -0.0809 e. The summed E-state index contributed by atoms with van der Waals surface area (Å²) in [5.41, 5.74) is 5.66. The second-order valence-corrected chi connectivity index (χ2v) is 10.3. The van der Waals surface area contributed by atoms with Crippen LogP contribution in [-0.2, 0) is 0 Å². The van der Waals surface area contributed by atoms with Gasteiger partial charge in [0.2, 0.25) is 0 Å². The molecular formula is C13H31NO2SSn. The second-order valence-electron chi connectivity index (χ2n) is 3.69. The van der Waals surface area contributed by atoms with Gasteiger partial charge in [0.15, 0.2) is 0 Å². The van der Waals surface area contributed by atoms with Crippen molar-refractivity contribution in [3.05, 3.63) is 0 Å². The van der Waals surface area contributed by atoms with Crippen molar-refractivity contribution in [3.63, 3.8) is 0 Å². The molecule has 18 heavy (non-hydrogen) atoms. The van der Waals surface area contributed by atoms with Crippen LogP contribution in [0.1, 0.15) is 47.0 Å². The molecule has 0 aromatic rings. The first-order chi connectivity index (χ1) is 8.60. The van der Waals surface area contributed by atoms with E-state index in [4.69, 9.17) is 15.9 Å². The molecule has 0 bridgehead atoms. The van der Waals surface area contributed by atoms with Crippen LogP contribution < -0.4 is 15.9 Å². The molecular weight excluding hydrogens is 353 g/mol. The van der Waals surface area contributed by atoms with Crippen molar-refractivity contribution >= 4 is 32.9 Å². The van der Waals surface area contributed by atoms with Gasteiger partial charge in [-0.15, -0.1) is 13.2 Å². The zero-order valence-corrected chi connectivity index (χ0v) is 16.2. The van der Waals surface area contributed by atoms with Crippen molar-refractivity contribution in [1.29, 1.82) is 0 Å². The van der Waals surface area contributed by atoms with E-state index in [0.717, 1.165) is 0 Å². The van der Waals surface area contributed by atoms with Gasteiger partial charge < -0.3 is 10.2 Å². The van der Waals surface area contributed by atoms with E-state index >= 15 is 0 Å². The van der Waals surface area contributed by atoms with E-state index in [9.17, 15) is 0 Å². The van der Waals surface area contributed by atoms with Crippen LogP contribution in [-0.4, -0.2) is 49.9 Å². The molecule has 110 valence electrons. The van der Waals surface area contributed by atoms with Crippen LogP contribution in [0.5, 0.6) is 0 Å². The molecule has 0 aromatic carbocycles. The molecule has 5 heteroatoms. The van der Waals surface area contributed by atoms with Gasteiger partial charge in [-0.2, -0.15) is 0 Å². The topological polar surface area (TPSA) is 72.1 Å². The molecule has 0 aromatic heterocycles. The van der Waals surface area contributed by atoms with Crippen LogP contribution in [0.25, 0.3) is 0 Å². The molecule has 0 amide bonds. The molecule has 0 saturated carbocycles. The van der Waals surface area contributed by atoms with Gasteiger partial charge in [0.1, 0.15) is 0 Å². The molecule has 0 aliphatic rings. The molecule has 0 fully saturated rings. The fourth-order valence-electron chi connectivity index (χ4n) is 0.963. The Labute approximate surface area is 129 Å². The zero-order chi connectivity index (χ0) is 14.6. The van der Waals surface area contributed by atoms with Crippen LogP contribution in [0.2, 0.25) is 4.44 Å². The largest absolute Gasteiger partial charge is 0.855 e. The monoisotopic (exact) mass is 385 g/mol. The molecule has 0 heterocycles. The normalized spacial score (nSPS) is 10.4. The SMILES string of the molecule is CCS[CH2][Sn+2][CH2]CCCC(C)N.CC[O-].CC[O-]. The summed E-state index contributed by atoms with van der Waals surface area (Å²) >= 11 is 2.15. The Morgan fingerprint density at radius 1 is 1.11 bits per heavy atom. The van der Waals surface area contributed by atoms with Crippen molar-refractivity contribution in [2.45, 2.75) is 57.4 Å². The van der Waals surface area contributed by atoms with Gasteiger partial charge in [-0.3, -0.25) is 0 Å². The summed E-state index contributed by atoms with van der Waals surface area (Å²) in [5, 5.41) is 17.9. The first-order valence-corrected chi connectivity index (χ1v) is 12.0. The number of thioether (sulfide) groups is 1. The van der Waals surface area contributed by atoms with Gasteiger partial charge in [-0.05, 0) is 0 Å². The number of hydrogen-bond acceptors (Lipinski definition) is 4. The van der Waals surface area contributed by atoms with Gasteiger partial charge in [-0.25, -0.2) is 0 Å². The van der Waals surface area contributed by atoms with Crippen LogP contribution in [0.4, 0.5) is 0 Å². The summed E-state index contributed by atoms with van der Waals surface area (Å²) in [6.07, 6.45) is 4.02. The second kappa shape index (κ2) is 26.6. The van der Waals surface area contributed by atoms with Crippen LogP contribution in [0.3, 0.4) is 0 Å². The first kappa shape index (κ1) is 24.1. The summed E-state index contributed by atoms with van der Waals surface area (Å²) in [6.45, 7) is 7.49. The molecule has 0 aliphatic carbocycles. The average Bonchev–Trinajstić information content (AvgIpc) is 2.29. The predicted octanol–water partition coefficient (Wildman–Crippen LogP) is 1.07. The van der Waals surface area contributed by atoms with Crippen molar-refractivity contribution in [1.82, 2.24) is 0 Å². The Bertz CT molecular complexity index is 117. The summed E-state index contributed by atoms with van der Waals surface area (Å²) < 4.78 is 3.07. The van der Waals surface area contributed by atoms with Crippen molar-refractivity contribution in [3.8, 4) is 0 Å². The Kier molecular flexibility index (Phi) is 35.5. The van der Waals surface area contributed by atoms with Gasteiger partial charge >= 0.3 is 91.7 Å². The van der Waals surface area contributed by atoms with Gasteiger partial charge in [0, 0.05) is 0 Å². The fraction of sp³-hybridized carbons (Fsp3) is 1.00. The Morgan fingerprint density at radius 2 is 1.61 bits per heavy atom. The molecule has 1 unspecified atom stereocenters. The maximum absolute atomic E-state index is 8.93. The molecule has 3 nitrogen and oxygen atoms in total. The van der Waals surface area contributed by atoms with Crippen molar-refractivity contribution in [2.24, 2.45) is 5.73 Å². The van der Waals surface area contributed by atoms with Crippen LogP contribution in [0, 0.1) is 0 Å². The molecule has 0 radical (unpaired) electrons. The van der Waals surface area contributed by atoms with Gasteiger partial charge in [-0.1, -0.05) is 13.8 Å². The third-order valence-electron chi connectivity index (χ3n) is 1.67. The van der Waals surface area contributed by atoms with E-state index in [1.165, 1.54) is 28.8 Å². The van der Waals surface area contributed by atoms with E-state index in [-0.39, 0.29) is 34.4 Å². The van der Waals surface area contributed by atoms with Crippen LogP contribution in [0.15, 0.2) is 0 Å². The van der Waals surface area contributed by atoms with E-state index in [1.807, 2.05) is 0 Å². The van der Waals surface area contributed by atoms with E-state index in [2.05, 4.69) is 25.6 Å². The number of unbranched alkanes of at least 4 members (excludes halogenated alkanes) is 1. The Balaban J connectivity index is -0.000000315. The van der Waals surface area contributed by atoms with Crippen LogP contribution >= 0.6 is 11.8 Å². The quantitative estimate of drug-likeness (QED) is 0.502. The third kappa shape index (κ3) is 43.5. The minimum Gasteiger partial charge on any atom is -0.855 e. The third-order valence-corrected chi connectivity index (χ3v) is 8.00. The summed E-state index contributed by atoms with van der Waals surface area (Å²) in [5.74, 6) is 1.31. The molecule has 0 spiro atoms. The zero-order valence-electron chi connectivity index (χ0n) is 12.5. The molecule has 1 atom stereocenters. The first-order valence-electron chi connectivity index (χ1n) is 6.80. The Hall–Kier alpha value is 1.03. The summed E-state index contributed by atoms with van der Waals surface area (Å²) in [6, 6.07) is 0.417. The van der Waals surface area contributed by atoms with Gasteiger partial charge in [0.05, 0.1) is 0 Å². The molecule has 0 aliphatic heterocycles. The predicted molar refractivity (Wildman–Crippen MR) is 82.1 cm³/mol. The Morgan fingerprint density at radius 3 is 2.00 bits per heavy atom. The van der Waals surface area contributed by atoms with E-state index in [1.54, 1.807) is 18.3 Å². The number of rotatable bonds is 8. The summed E-state index contributed by atoms with van der Waals surface area (Å²) in [4.78, 5) is 0. The molecule has 2 N–H and O–H groups in total. The molecule has 0 saturated heterocycles. The average molecular weight is 384 g/mol. The smallest absolute Gasteiger partial charge is 0.0809 e. The minimum absolute atomic E-state index is 0. The van der Waals surface area contributed by atoms with E-state index < -0.39 is 0 Å². The van der Waals surface area contributed by atoms with Crippen molar-refractivity contribution in [2.75, 3.05) is 22.7 Å². The number of hydrogen-bond donors (Lipinski definition) is 1. The maximum atomic E-state index is 8.93. The van der Waals surface area contributed by atoms with Crippen molar-refractivity contribution < 1.29 is 10.2 Å². The summed E-state index contributed by atoms with van der Waals surface area (Å²) in [7, 11) is 0. The number of nitrogens with two attached hydrogens (primary N) is 1.